The zero-order valence-corrected chi connectivity index (χ0v) is 11.6. The smallest absolute Gasteiger partial charge is 0.270 e. The normalized spacial score (nSPS) is 14.2. The van der Waals surface area contributed by atoms with Gasteiger partial charge in [-0.2, -0.15) is 0 Å². The van der Waals surface area contributed by atoms with Gasteiger partial charge in [-0.05, 0) is 25.8 Å². The lowest BCUT2D eigenvalue weighted by Crippen LogP contribution is -2.17. The minimum Gasteiger partial charge on any atom is -0.491 e. The highest BCUT2D eigenvalue weighted by atomic mass is 16.6. The van der Waals surface area contributed by atoms with Crippen LogP contribution >= 0.6 is 0 Å². The van der Waals surface area contributed by atoms with Crippen LogP contribution in [0.3, 0.4) is 0 Å². The zero-order valence-electron chi connectivity index (χ0n) is 11.6. The third kappa shape index (κ3) is 4.47. The van der Waals surface area contributed by atoms with E-state index in [-0.39, 0.29) is 10.6 Å². The average molecular weight is 280 g/mol. The van der Waals surface area contributed by atoms with Crippen molar-refractivity contribution in [2.24, 2.45) is 0 Å². The SMILES string of the molecule is CCOCCOc1ccc([N+](=O)[O-])cc1CNC1CC1. The van der Waals surface area contributed by atoms with Crippen LogP contribution < -0.4 is 10.1 Å². The standard InChI is InChI=1S/C14H20N2O4/c1-2-19-7-8-20-14-6-5-13(16(17)18)9-11(14)10-15-12-3-4-12/h5-6,9,12,15H,2-4,7-8,10H2,1H3. The molecule has 0 amide bonds. The molecule has 0 heterocycles. The molecule has 0 bridgehead atoms. The van der Waals surface area contributed by atoms with E-state index in [0.29, 0.717) is 38.2 Å². The van der Waals surface area contributed by atoms with Crippen LogP contribution in [0, 0.1) is 10.1 Å². The van der Waals surface area contributed by atoms with Gasteiger partial charge in [0.15, 0.2) is 0 Å². The van der Waals surface area contributed by atoms with Crippen LogP contribution in [-0.2, 0) is 11.3 Å². The fraction of sp³-hybridized carbons (Fsp3) is 0.571. The molecular weight excluding hydrogens is 260 g/mol. The molecule has 0 radical (unpaired) electrons. The predicted molar refractivity (Wildman–Crippen MR) is 74.9 cm³/mol. The highest BCUT2D eigenvalue weighted by molar-refractivity contribution is 5.43. The van der Waals surface area contributed by atoms with E-state index in [1.165, 1.54) is 18.9 Å². The van der Waals surface area contributed by atoms with Crippen LogP contribution in [0.25, 0.3) is 0 Å². The first-order valence-electron chi connectivity index (χ1n) is 6.92. The molecule has 0 atom stereocenters. The molecule has 1 fully saturated rings. The van der Waals surface area contributed by atoms with Crippen molar-refractivity contribution in [3.05, 3.63) is 33.9 Å². The summed E-state index contributed by atoms with van der Waals surface area (Å²) in [6.07, 6.45) is 2.35. The van der Waals surface area contributed by atoms with Gasteiger partial charge >= 0.3 is 0 Å². The molecule has 0 spiro atoms. The Bertz CT molecular complexity index is 460. The van der Waals surface area contributed by atoms with Gasteiger partial charge in [0.25, 0.3) is 5.69 Å². The van der Waals surface area contributed by atoms with E-state index < -0.39 is 0 Å². The van der Waals surface area contributed by atoms with Crippen LogP contribution in [0.5, 0.6) is 5.75 Å². The Kier molecular flexibility index (Phi) is 5.31. The van der Waals surface area contributed by atoms with Gasteiger partial charge in [-0.3, -0.25) is 10.1 Å². The number of non-ortho nitro benzene ring substituents is 1. The van der Waals surface area contributed by atoms with Crippen molar-refractivity contribution < 1.29 is 14.4 Å². The van der Waals surface area contributed by atoms with Gasteiger partial charge in [-0.25, -0.2) is 0 Å². The van der Waals surface area contributed by atoms with E-state index in [1.807, 2.05) is 6.92 Å². The van der Waals surface area contributed by atoms with Crippen LogP contribution in [0.2, 0.25) is 0 Å². The molecule has 0 unspecified atom stereocenters. The molecule has 110 valence electrons. The summed E-state index contributed by atoms with van der Waals surface area (Å²) in [6.45, 7) is 4.14. The van der Waals surface area contributed by atoms with Gasteiger partial charge in [-0.1, -0.05) is 0 Å². The lowest BCUT2D eigenvalue weighted by molar-refractivity contribution is -0.384. The number of nitrogens with one attached hydrogen (secondary N) is 1. The second kappa shape index (κ2) is 7.21. The van der Waals surface area contributed by atoms with Gasteiger partial charge in [0.1, 0.15) is 12.4 Å². The van der Waals surface area contributed by atoms with Crippen molar-refractivity contribution in [1.82, 2.24) is 5.32 Å². The van der Waals surface area contributed by atoms with Gasteiger partial charge in [0.05, 0.1) is 11.5 Å². The number of rotatable bonds is 9. The third-order valence-corrected chi connectivity index (χ3v) is 3.10. The minimum atomic E-state index is -0.384. The molecule has 0 aromatic heterocycles. The summed E-state index contributed by atoms with van der Waals surface area (Å²) in [5.74, 6) is 0.684. The summed E-state index contributed by atoms with van der Waals surface area (Å²) in [7, 11) is 0. The fourth-order valence-electron chi connectivity index (χ4n) is 1.86. The number of nitro groups is 1. The molecule has 1 aromatic rings. The maximum absolute atomic E-state index is 10.8. The van der Waals surface area contributed by atoms with Crippen molar-refractivity contribution in [3.8, 4) is 5.75 Å². The van der Waals surface area contributed by atoms with Gasteiger partial charge in [0.2, 0.25) is 0 Å². The molecule has 1 aliphatic carbocycles. The monoisotopic (exact) mass is 280 g/mol. The van der Waals surface area contributed by atoms with E-state index in [1.54, 1.807) is 12.1 Å². The fourth-order valence-corrected chi connectivity index (χ4v) is 1.86. The summed E-state index contributed by atoms with van der Waals surface area (Å²) in [5, 5.41) is 14.2. The Hall–Kier alpha value is -1.66. The van der Waals surface area contributed by atoms with Gasteiger partial charge in [-0.15, -0.1) is 0 Å². The van der Waals surface area contributed by atoms with Crippen molar-refractivity contribution >= 4 is 5.69 Å². The number of benzene rings is 1. The summed E-state index contributed by atoms with van der Waals surface area (Å²) in [6, 6.07) is 5.25. The Balaban J connectivity index is 2.00. The Morgan fingerprint density at radius 3 is 2.85 bits per heavy atom. The molecule has 20 heavy (non-hydrogen) atoms. The Morgan fingerprint density at radius 1 is 1.40 bits per heavy atom. The summed E-state index contributed by atoms with van der Waals surface area (Å²) >= 11 is 0. The highest BCUT2D eigenvalue weighted by Gasteiger charge is 2.21. The Morgan fingerprint density at radius 2 is 2.20 bits per heavy atom. The zero-order chi connectivity index (χ0) is 14.4. The number of nitro benzene ring substituents is 1. The molecule has 6 heteroatoms. The van der Waals surface area contributed by atoms with Crippen molar-refractivity contribution in [1.29, 1.82) is 0 Å². The minimum absolute atomic E-state index is 0.0924. The molecule has 1 N–H and O–H groups in total. The molecule has 1 saturated carbocycles. The van der Waals surface area contributed by atoms with Crippen molar-refractivity contribution in [2.75, 3.05) is 19.8 Å². The largest absolute Gasteiger partial charge is 0.491 e. The van der Waals surface area contributed by atoms with E-state index >= 15 is 0 Å². The van der Waals surface area contributed by atoms with Crippen LogP contribution in [0.4, 0.5) is 5.69 Å². The third-order valence-electron chi connectivity index (χ3n) is 3.10. The molecule has 6 nitrogen and oxygen atoms in total. The lowest BCUT2D eigenvalue weighted by Gasteiger charge is -2.12. The highest BCUT2D eigenvalue weighted by Crippen LogP contribution is 2.26. The second-order valence-corrected chi connectivity index (χ2v) is 4.75. The summed E-state index contributed by atoms with van der Waals surface area (Å²) in [4.78, 5) is 10.5. The second-order valence-electron chi connectivity index (χ2n) is 4.75. The quantitative estimate of drug-likeness (QED) is 0.426. The van der Waals surface area contributed by atoms with Crippen molar-refractivity contribution in [3.63, 3.8) is 0 Å². The van der Waals surface area contributed by atoms with Crippen LogP contribution in [-0.4, -0.2) is 30.8 Å². The van der Waals surface area contributed by atoms with Gasteiger partial charge in [0, 0.05) is 36.9 Å². The number of nitrogens with zero attached hydrogens (tertiary/aromatic N) is 1. The van der Waals surface area contributed by atoms with E-state index in [0.717, 1.165) is 5.56 Å². The van der Waals surface area contributed by atoms with Crippen LogP contribution in [0.15, 0.2) is 18.2 Å². The predicted octanol–water partition coefficient (Wildman–Crippen LogP) is 2.26. The maximum Gasteiger partial charge on any atom is 0.270 e. The topological polar surface area (TPSA) is 73.6 Å². The maximum atomic E-state index is 10.8. The Labute approximate surface area is 118 Å². The van der Waals surface area contributed by atoms with E-state index in [2.05, 4.69) is 5.32 Å². The summed E-state index contributed by atoms with van der Waals surface area (Å²) < 4.78 is 10.9. The summed E-state index contributed by atoms with van der Waals surface area (Å²) in [5.41, 5.74) is 0.914. The molecular formula is C14H20N2O4. The lowest BCUT2D eigenvalue weighted by atomic mass is 10.1. The average Bonchev–Trinajstić information content (AvgIpc) is 3.26. The van der Waals surface area contributed by atoms with E-state index in [4.69, 9.17) is 9.47 Å². The number of ether oxygens (including phenoxy) is 2. The van der Waals surface area contributed by atoms with Gasteiger partial charge < -0.3 is 14.8 Å². The molecule has 0 aliphatic heterocycles. The van der Waals surface area contributed by atoms with Crippen LogP contribution in [0.1, 0.15) is 25.3 Å². The van der Waals surface area contributed by atoms with Crippen molar-refractivity contribution in [2.45, 2.75) is 32.4 Å². The first kappa shape index (κ1) is 14.7. The molecule has 0 saturated heterocycles. The first-order valence-corrected chi connectivity index (χ1v) is 6.92. The molecule has 1 aliphatic rings. The first-order chi connectivity index (χ1) is 9.70. The molecule has 1 aromatic carbocycles. The number of hydrogen-bond acceptors (Lipinski definition) is 5. The van der Waals surface area contributed by atoms with E-state index in [9.17, 15) is 10.1 Å². The number of hydrogen-bond donors (Lipinski definition) is 1. The molecule has 2 rings (SSSR count).